The zero-order valence-electron chi connectivity index (χ0n) is 13.5. The van der Waals surface area contributed by atoms with E-state index in [1.807, 2.05) is 19.2 Å². The predicted molar refractivity (Wildman–Crippen MR) is 89.7 cm³/mol. The summed E-state index contributed by atoms with van der Waals surface area (Å²) in [6.07, 6.45) is 0. The number of methoxy groups -OCH3 is 1. The summed E-state index contributed by atoms with van der Waals surface area (Å²) in [5, 5.41) is 3.31. The molecule has 0 saturated heterocycles. The topological polar surface area (TPSA) is 24.5 Å². The molecule has 2 rings (SSSR count). The van der Waals surface area contributed by atoms with Gasteiger partial charge in [0.25, 0.3) is 0 Å². The van der Waals surface area contributed by atoms with Gasteiger partial charge in [0.2, 0.25) is 0 Å². The average molecular weight is 284 g/mol. The van der Waals surface area contributed by atoms with Gasteiger partial charge in [-0.3, -0.25) is 0 Å². The number of nitrogens with zero attached hydrogens (tertiary/aromatic N) is 1. The highest BCUT2D eigenvalue weighted by molar-refractivity contribution is 5.69. The highest BCUT2D eigenvalue weighted by atomic mass is 16.5. The standard InChI is InChI=1S/C18H24N2O/c1-13-9-11-15(12-10-13)20(4)16-7-6-8-17(21-5)18(16)14(2)19-3/h6-12,14,19H,1-5H3. The number of hydrogen-bond donors (Lipinski definition) is 1. The smallest absolute Gasteiger partial charge is 0.125 e. The predicted octanol–water partition coefficient (Wildman–Crippen LogP) is 4.05. The van der Waals surface area contributed by atoms with Crippen molar-refractivity contribution in [3.63, 3.8) is 0 Å². The first kappa shape index (κ1) is 15.4. The van der Waals surface area contributed by atoms with Gasteiger partial charge in [-0.05, 0) is 45.2 Å². The number of ether oxygens (including phenoxy) is 1. The fourth-order valence-electron chi connectivity index (χ4n) is 2.49. The average Bonchev–Trinajstić information content (AvgIpc) is 2.53. The number of hydrogen-bond acceptors (Lipinski definition) is 3. The summed E-state index contributed by atoms with van der Waals surface area (Å²) in [7, 11) is 5.77. The Labute approximate surface area is 127 Å². The molecule has 3 nitrogen and oxygen atoms in total. The molecule has 0 saturated carbocycles. The Hall–Kier alpha value is -2.00. The van der Waals surface area contributed by atoms with Crippen LogP contribution in [0, 0.1) is 6.92 Å². The second-order valence-electron chi connectivity index (χ2n) is 5.30. The van der Waals surface area contributed by atoms with E-state index in [0.717, 1.165) is 11.4 Å². The van der Waals surface area contributed by atoms with Crippen LogP contribution in [0.4, 0.5) is 11.4 Å². The summed E-state index contributed by atoms with van der Waals surface area (Å²) >= 11 is 0. The van der Waals surface area contributed by atoms with Crippen LogP contribution in [0.3, 0.4) is 0 Å². The van der Waals surface area contributed by atoms with Crippen molar-refractivity contribution < 1.29 is 4.74 Å². The molecule has 0 fully saturated rings. The second-order valence-corrected chi connectivity index (χ2v) is 5.30. The summed E-state index contributed by atoms with van der Waals surface area (Å²) in [5.41, 5.74) is 4.76. The largest absolute Gasteiger partial charge is 0.496 e. The molecule has 1 unspecified atom stereocenters. The Balaban J connectivity index is 2.49. The van der Waals surface area contributed by atoms with Crippen LogP contribution in [-0.2, 0) is 0 Å². The Morgan fingerprint density at radius 2 is 1.76 bits per heavy atom. The number of rotatable bonds is 5. The highest BCUT2D eigenvalue weighted by Gasteiger charge is 2.18. The molecule has 0 bridgehead atoms. The summed E-state index contributed by atoms with van der Waals surface area (Å²) in [5.74, 6) is 0.910. The molecule has 3 heteroatoms. The van der Waals surface area contributed by atoms with E-state index in [9.17, 15) is 0 Å². The molecule has 0 aliphatic heterocycles. The van der Waals surface area contributed by atoms with Gasteiger partial charge >= 0.3 is 0 Å². The van der Waals surface area contributed by atoms with E-state index in [0.29, 0.717) is 0 Å². The lowest BCUT2D eigenvalue weighted by atomic mass is 10.0. The molecule has 2 aromatic rings. The number of benzene rings is 2. The molecule has 112 valence electrons. The molecule has 0 radical (unpaired) electrons. The lowest BCUT2D eigenvalue weighted by Gasteiger charge is -2.26. The summed E-state index contributed by atoms with van der Waals surface area (Å²) in [6, 6.07) is 14.9. The van der Waals surface area contributed by atoms with Crippen molar-refractivity contribution in [1.82, 2.24) is 5.32 Å². The van der Waals surface area contributed by atoms with Crippen molar-refractivity contribution in [1.29, 1.82) is 0 Å². The van der Waals surface area contributed by atoms with Crippen LogP contribution in [0.15, 0.2) is 42.5 Å². The minimum absolute atomic E-state index is 0.212. The lowest BCUT2D eigenvalue weighted by molar-refractivity contribution is 0.404. The fourth-order valence-corrected chi connectivity index (χ4v) is 2.49. The van der Waals surface area contributed by atoms with Crippen molar-refractivity contribution in [2.75, 3.05) is 26.1 Å². The Morgan fingerprint density at radius 1 is 1.10 bits per heavy atom. The van der Waals surface area contributed by atoms with Crippen molar-refractivity contribution >= 4 is 11.4 Å². The van der Waals surface area contributed by atoms with Crippen LogP contribution in [0.2, 0.25) is 0 Å². The molecule has 0 aliphatic rings. The molecular weight excluding hydrogens is 260 g/mol. The number of anilines is 2. The molecule has 0 aliphatic carbocycles. The van der Waals surface area contributed by atoms with Gasteiger partial charge in [-0.15, -0.1) is 0 Å². The van der Waals surface area contributed by atoms with Gasteiger partial charge < -0.3 is 15.0 Å². The summed E-state index contributed by atoms with van der Waals surface area (Å²) < 4.78 is 5.55. The molecule has 0 aromatic heterocycles. The van der Waals surface area contributed by atoms with Gasteiger partial charge in [0.15, 0.2) is 0 Å². The zero-order valence-corrected chi connectivity index (χ0v) is 13.5. The molecule has 21 heavy (non-hydrogen) atoms. The van der Waals surface area contributed by atoms with Gasteiger partial charge in [-0.2, -0.15) is 0 Å². The Morgan fingerprint density at radius 3 is 2.33 bits per heavy atom. The molecule has 1 N–H and O–H groups in total. The van der Waals surface area contributed by atoms with E-state index in [2.05, 4.69) is 61.4 Å². The number of aryl methyl sites for hydroxylation is 1. The van der Waals surface area contributed by atoms with E-state index < -0.39 is 0 Å². The first-order valence-electron chi connectivity index (χ1n) is 7.23. The molecule has 0 spiro atoms. The van der Waals surface area contributed by atoms with Crippen molar-refractivity contribution in [2.45, 2.75) is 19.9 Å². The molecular formula is C18H24N2O. The summed E-state index contributed by atoms with van der Waals surface area (Å²) in [6.45, 7) is 4.24. The Kier molecular flexibility index (Phi) is 4.86. The minimum atomic E-state index is 0.212. The third-order valence-electron chi connectivity index (χ3n) is 3.91. The minimum Gasteiger partial charge on any atom is -0.496 e. The van der Waals surface area contributed by atoms with Crippen molar-refractivity contribution in [3.8, 4) is 5.75 Å². The van der Waals surface area contributed by atoms with Gasteiger partial charge in [-0.25, -0.2) is 0 Å². The van der Waals surface area contributed by atoms with Crippen LogP contribution in [0.25, 0.3) is 0 Å². The van der Waals surface area contributed by atoms with Crippen LogP contribution in [0.5, 0.6) is 5.75 Å². The van der Waals surface area contributed by atoms with Crippen molar-refractivity contribution in [3.05, 3.63) is 53.6 Å². The summed E-state index contributed by atoms with van der Waals surface area (Å²) in [4.78, 5) is 2.20. The lowest BCUT2D eigenvalue weighted by Crippen LogP contribution is -2.19. The fraction of sp³-hybridized carbons (Fsp3) is 0.333. The first-order chi connectivity index (χ1) is 10.1. The van der Waals surface area contributed by atoms with E-state index in [-0.39, 0.29) is 6.04 Å². The van der Waals surface area contributed by atoms with Crippen LogP contribution < -0.4 is 15.0 Å². The van der Waals surface area contributed by atoms with Crippen LogP contribution >= 0.6 is 0 Å². The number of nitrogens with one attached hydrogen (secondary N) is 1. The quantitative estimate of drug-likeness (QED) is 0.896. The molecule has 0 amide bonds. The van der Waals surface area contributed by atoms with E-state index in [1.165, 1.54) is 16.8 Å². The van der Waals surface area contributed by atoms with Gasteiger partial charge in [0.1, 0.15) is 5.75 Å². The van der Waals surface area contributed by atoms with Gasteiger partial charge in [-0.1, -0.05) is 23.8 Å². The second kappa shape index (κ2) is 6.64. The maximum absolute atomic E-state index is 5.55. The van der Waals surface area contributed by atoms with Gasteiger partial charge in [0, 0.05) is 30.0 Å². The van der Waals surface area contributed by atoms with E-state index >= 15 is 0 Å². The van der Waals surface area contributed by atoms with Crippen LogP contribution in [-0.4, -0.2) is 21.2 Å². The zero-order chi connectivity index (χ0) is 15.4. The maximum atomic E-state index is 5.55. The third-order valence-corrected chi connectivity index (χ3v) is 3.91. The monoisotopic (exact) mass is 284 g/mol. The normalized spacial score (nSPS) is 12.0. The third kappa shape index (κ3) is 3.19. The van der Waals surface area contributed by atoms with Gasteiger partial charge in [0.05, 0.1) is 7.11 Å². The molecule has 0 heterocycles. The first-order valence-corrected chi connectivity index (χ1v) is 7.23. The highest BCUT2D eigenvalue weighted by Crippen LogP contribution is 2.36. The van der Waals surface area contributed by atoms with Crippen molar-refractivity contribution in [2.24, 2.45) is 0 Å². The van der Waals surface area contributed by atoms with Crippen LogP contribution in [0.1, 0.15) is 24.1 Å². The molecule has 1 atom stereocenters. The SMILES string of the molecule is CNC(C)c1c(OC)cccc1N(C)c1ccc(C)cc1. The molecule has 2 aromatic carbocycles. The maximum Gasteiger partial charge on any atom is 0.125 e. The van der Waals surface area contributed by atoms with E-state index in [1.54, 1.807) is 7.11 Å². The Bertz CT molecular complexity index is 593. The van der Waals surface area contributed by atoms with E-state index in [4.69, 9.17) is 4.74 Å².